The predicted octanol–water partition coefficient (Wildman–Crippen LogP) is 3.59. The Morgan fingerprint density at radius 3 is 2.23 bits per heavy atom. The van der Waals surface area contributed by atoms with E-state index < -0.39 is 10.0 Å². The van der Waals surface area contributed by atoms with Crippen molar-refractivity contribution in [2.75, 3.05) is 6.54 Å². The van der Waals surface area contributed by atoms with Gasteiger partial charge in [-0.1, -0.05) is 37.6 Å². The van der Waals surface area contributed by atoms with E-state index >= 15 is 0 Å². The van der Waals surface area contributed by atoms with Crippen LogP contribution < -0.4 is 10.0 Å². The van der Waals surface area contributed by atoms with Crippen LogP contribution in [0.15, 0.2) is 53.4 Å². The highest BCUT2D eigenvalue weighted by Crippen LogP contribution is 2.12. The van der Waals surface area contributed by atoms with Gasteiger partial charge in [0.2, 0.25) is 10.0 Å². The zero-order valence-corrected chi connectivity index (χ0v) is 16.4. The molecule has 0 radical (unpaired) electrons. The van der Waals surface area contributed by atoms with Crippen molar-refractivity contribution in [2.45, 2.75) is 31.7 Å². The van der Waals surface area contributed by atoms with Crippen LogP contribution in [0.25, 0.3) is 0 Å². The summed E-state index contributed by atoms with van der Waals surface area (Å²) >= 11 is 5.83. The maximum Gasteiger partial charge on any atom is 0.251 e. The molecule has 0 bridgehead atoms. The molecule has 7 heteroatoms. The number of amides is 1. The average Bonchev–Trinajstić information content (AvgIpc) is 2.60. The molecule has 0 saturated heterocycles. The second-order valence-electron chi connectivity index (χ2n) is 6.41. The van der Waals surface area contributed by atoms with Crippen molar-refractivity contribution in [3.05, 3.63) is 64.7 Å². The Morgan fingerprint density at radius 2 is 1.65 bits per heavy atom. The summed E-state index contributed by atoms with van der Waals surface area (Å²) in [6.45, 7) is 4.83. The summed E-state index contributed by atoms with van der Waals surface area (Å²) in [6.07, 6.45) is 0.768. The molecule has 0 heterocycles. The van der Waals surface area contributed by atoms with Gasteiger partial charge in [-0.05, 0) is 54.3 Å². The van der Waals surface area contributed by atoms with E-state index in [0.29, 0.717) is 29.6 Å². The highest BCUT2D eigenvalue weighted by molar-refractivity contribution is 7.89. The van der Waals surface area contributed by atoms with E-state index in [1.54, 1.807) is 12.1 Å². The molecule has 0 unspecified atom stereocenters. The van der Waals surface area contributed by atoms with Crippen LogP contribution >= 0.6 is 11.6 Å². The molecule has 0 aliphatic carbocycles. The van der Waals surface area contributed by atoms with Gasteiger partial charge in [0.1, 0.15) is 0 Å². The number of halogens is 1. The van der Waals surface area contributed by atoms with Gasteiger partial charge in [0.15, 0.2) is 0 Å². The summed E-state index contributed by atoms with van der Waals surface area (Å²) in [7, 11) is -3.55. The van der Waals surface area contributed by atoms with Crippen LogP contribution in [-0.2, 0) is 16.6 Å². The topological polar surface area (TPSA) is 75.3 Å². The van der Waals surface area contributed by atoms with Crippen LogP contribution in [0.4, 0.5) is 0 Å². The smallest absolute Gasteiger partial charge is 0.251 e. The molecule has 1 amide bonds. The largest absolute Gasteiger partial charge is 0.348 e. The third-order valence-corrected chi connectivity index (χ3v) is 5.54. The zero-order chi connectivity index (χ0) is 19.2. The highest BCUT2D eigenvalue weighted by atomic mass is 35.5. The van der Waals surface area contributed by atoms with Crippen molar-refractivity contribution in [1.82, 2.24) is 10.0 Å². The minimum atomic E-state index is -3.55. The molecule has 0 saturated carbocycles. The van der Waals surface area contributed by atoms with E-state index in [1.165, 1.54) is 24.3 Å². The van der Waals surface area contributed by atoms with E-state index in [-0.39, 0.29) is 10.8 Å². The van der Waals surface area contributed by atoms with Gasteiger partial charge in [-0.15, -0.1) is 0 Å². The first-order valence-corrected chi connectivity index (χ1v) is 10.3. The average molecular weight is 395 g/mol. The van der Waals surface area contributed by atoms with Gasteiger partial charge >= 0.3 is 0 Å². The number of hydrogen-bond acceptors (Lipinski definition) is 3. The lowest BCUT2D eigenvalue weighted by Gasteiger charge is -2.09. The number of hydrogen-bond donors (Lipinski definition) is 2. The predicted molar refractivity (Wildman–Crippen MR) is 104 cm³/mol. The minimum Gasteiger partial charge on any atom is -0.348 e. The Kier molecular flexibility index (Phi) is 7.20. The molecule has 0 fully saturated rings. The monoisotopic (exact) mass is 394 g/mol. The summed E-state index contributed by atoms with van der Waals surface area (Å²) in [6, 6.07) is 13.1. The Balaban J connectivity index is 1.95. The van der Waals surface area contributed by atoms with Gasteiger partial charge in [0.05, 0.1) is 4.90 Å². The fourth-order valence-corrected chi connectivity index (χ4v) is 3.41. The second kappa shape index (κ2) is 9.16. The highest BCUT2D eigenvalue weighted by Gasteiger charge is 2.14. The maximum absolute atomic E-state index is 12.2. The maximum atomic E-state index is 12.2. The molecule has 140 valence electrons. The van der Waals surface area contributed by atoms with Crippen molar-refractivity contribution >= 4 is 27.5 Å². The number of benzene rings is 2. The van der Waals surface area contributed by atoms with Crippen LogP contribution in [0.2, 0.25) is 5.02 Å². The molecule has 0 aliphatic heterocycles. The van der Waals surface area contributed by atoms with Gasteiger partial charge in [0.25, 0.3) is 5.91 Å². The van der Waals surface area contributed by atoms with Crippen molar-refractivity contribution in [2.24, 2.45) is 5.92 Å². The normalized spacial score (nSPS) is 11.5. The van der Waals surface area contributed by atoms with Gasteiger partial charge in [-0.25, -0.2) is 13.1 Å². The molecule has 0 spiro atoms. The van der Waals surface area contributed by atoms with Gasteiger partial charge in [-0.3, -0.25) is 4.79 Å². The molecule has 0 aliphatic rings. The quantitative estimate of drug-likeness (QED) is 0.718. The molecule has 2 N–H and O–H groups in total. The van der Waals surface area contributed by atoms with Crippen LogP contribution in [0, 0.1) is 5.92 Å². The van der Waals surface area contributed by atoms with E-state index in [2.05, 4.69) is 10.0 Å². The van der Waals surface area contributed by atoms with Crippen molar-refractivity contribution < 1.29 is 13.2 Å². The number of nitrogens with one attached hydrogen (secondary N) is 2. The Labute approximate surface area is 159 Å². The lowest BCUT2D eigenvalue weighted by Crippen LogP contribution is -2.26. The Hall–Kier alpha value is -1.89. The number of carbonyl (C=O) groups is 1. The summed E-state index contributed by atoms with van der Waals surface area (Å²) < 4.78 is 27.0. The van der Waals surface area contributed by atoms with Crippen LogP contribution in [0.5, 0.6) is 0 Å². The van der Waals surface area contributed by atoms with Crippen LogP contribution in [-0.4, -0.2) is 20.9 Å². The second-order valence-corrected chi connectivity index (χ2v) is 8.62. The fraction of sp³-hybridized carbons (Fsp3) is 0.316. The summed E-state index contributed by atoms with van der Waals surface area (Å²) in [5.74, 6) is 0.154. The lowest BCUT2D eigenvalue weighted by atomic mass is 10.1. The standard InChI is InChI=1S/C19H23ClN2O3S/c1-14(2)11-12-22-26(24,25)18-9-5-16(6-10-18)19(23)21-13-15-3-7-17(20)8-4-15/h3-10,14,22H,11-13H2,1-2H3,(H,21,23). The van der Waals surface area contributed by atoms with E-state index in [4.69, 9.17) is 11.6 Å². The van der Waals surface area contributed by atoms with Crippen LogP contribution in [0.1, 0.15) is 36.2 Å². The Bertz CT molecular complexity index is 832. The van der Waals surface area contributed by atoms with Crippen molar-refractivity contribution in [3.63, 3.8) is 0 Å². The summed E-state index contributed by atoms with van der Waals surface area (Å²) in [5.41, 5.74) is 1.33. The molecular formula is C19H23ClN2O3S. The van der Waals surface area contributed by atoms with Crippen molar-refractivity contribution in [1.29, 1.82) is 0 Å². The minimum absolute atomic E-state index is 0.149. The van der Waals surface area contributed by atoms with E-state index in [9.17, 15) is 13.2 Å². The molecule has 2 rings (SSSR count). The number of carbonyl (C=O) groups excluding carboxylic acids is 1. The summed E-state index contributed by atoms with van der Waals surface area (Å²) in [4.78, 5) is 12.3. The molecule has 5 nitrogen and oxygen atoms in total. The lowest BCUT2D eigenvalue weighted by molar-refractivity contribution is 0.0951. The Morgan fingerprint density at radius 1 is 1.04 bits per heavy atom. The first-order valence-electron chi connectivity index (χ1n) is 8.40. The van der Waals surface area contributed by atoms with Gasteiger partial charge in [0, 0.05) is 23.7 Å². The number of sulfonamides is 1. The molecular weight excluding hydrogens is 372 g/mol. The SMILES string of the molecule is CC(C)CCNS(=O)(=O)c1ccc(C(=O)NCc2ccc(Cl)cc2)cc1. The molecule has 2 aromatic carbocycles. The molecule has 2 aromatic rings. The van der Waals surface area contributed by atoms with Gasteiger partial charge in [-0.2, -0.15) is 0 Å². The van der Waals surface area contributed by atoms with Crippen LogP contribution in [0.3, 0.4) is 0 Å². The number of rotatable bonds is 8. The molecule has 0 aromatic heterocycles. The fourth-order valence-electron chi connectivity index (χ4n) is 2.24. The molecule has 26 heavy (non-hydrogen) atoms. The zero-order valence-electron chi connectivity index (χ0n) is 14.8. The van der Waals surface area contributed by atoms with E-state index in [1.807, 2.05) is 26.0 Å². The van der Waals surface area contributed by atoms with E-state index in [0.717, 1.165) is 12.0 Å². The first-order chi connectivity index (χ1) is 12.3. The first kappa shape index (κ1) is 20.4. The third-order valence-electron chi connectivity index (χ3n) is 3.81. The summed E-state index contributed by atoms with van der Waals surface area (Å²) in [5, 5.41) is 3.43. The van der Waals surface area contributed by atoms with Crippen molar-refractivity contribution in [3.8, 4) is 0 Å². The molecule has 0 atom stereocenters. The third kappa shape index (κ3) is 6.12. The van der Waals surface area contributed by atoms with Gasteiger partial charge < -0.3 is 5.32 Å².